The Morgan fingerprint density at radius 3 is 2.62 bits per heavy atom. The molecule has 13 heteroatoms. The van der Waals surface area contributed by atoms with Gasteiger partial charge in [0.15, 0.2) is 0 Å². The smallest absolute Gasteiger partial charge is 0.352 e. The molecule has 2 heterocycles. The zero-order chi connectivity index (χ0) is 29.8. The first-order chi connectivity index (χ1) is 20.2. The van der Waals surface area contributed by atoms with Crippen molar-refractivity contribution in [3.05, 3.63) is 117 Å². The number of hydrogen-bond acceptors (Lipinski definition) is 11. The Morgan fingerprint density at radius 2 is 1.95 bits per heavy atom. The van der Waals surface area contributed by atoms with Crippen LogP contribution in [0.5, 0.6) is 11.5 Å². The van der Waals surface area contributed by atoms with Gasteiger partial charge in [-0.2, -0.15) is 5.26 Å². The molecule has 0 bridgehead atoms. The zero-order valence-corrected chi connectivity index (χ0v) is 22.4. The summed E-state index contributed by atoms with van der Waals surface area (Å²) in [6.07, 6.45) is -1.22. The fraction of sp³-hybridized carbons (Fsp3) is 0.172. The summed E-state index contributed by atoms with van der Waals surface area (Å²) < 4.78 is 12.0. The van der Waals surface area contributed by atoms with Gasteiger partial charge in [-0.05, 0) is 35.9 Å². The van der Waals surface area contributed by atoms with Crippen molar-refractivity contribution in [2.75, 3.05) is 20.1 Å². The molecular formula is C29H25N7O6. The molecule has 1 atom stereocenters. The van der Waals surface area contributed by atoms with E-state index in [1.165, 1.54) is 12.1 Å². The number of aliphatic imine (C=N–C) groups is 2. The number of nitro groups is 1. The van der Waals surface area contributed by atoms with Gasteiger partial charge < -0.3 is 19.5 Å². The zero-order valence-electron chi connectivity index (χ0n) is 22.4. The lowest BCUT2D eigenvalue weighted by molar-refractivity contribution is -0.420. The van der Waals surface area contributed by atoms with Crippen molar-refractivity contribution in [2.24, 2.45) is 15.8 Å². The Labute approximate surface area is 240 Å². The van der Waals surface area contributed by atoms with Crippen LogP contribution < -0.4 is 15.3 Å². The molecule has 3 aromatic rings. The van der Waals surface area contributed by atoms with Crippen molar-refractivity contribution in [3.63, 3.8) is 0 Å². The molecule has 2 aliphatic heterocycles. The first kappa shape index (κ1) is 27.8. The number of benzene rings is 3. The van der Waals surface area contributed by atoms with Crippen LogP contribution in [-0.4, -0.2) is 63.9 Å². The molecule has 3 N–H and O–H groups in total. The number of amidine groups is 1. The maximum absolute atomic E-state index is 12.4. The first-order valence-electron chi connectivity index (χ1n) is 12.8. The van der Waals surface area contributed by atoms with Crippen LogP contribution in [0.15, 0.2) is 94.4 Å². The monoisotopic (exact) mass is 567 g/mol. The highest BCUT2D eigenvalue weighted by Crippen LogP contribution is 2.29. The number of carbonyl (C=O) groups is 1. The minimum atomic E-state index is -1.36. The second kappa shape index (κ2) is 11.8. The van der Waals surface area contributed by atoms with Crippen LogP contribution in [0.1, 0.15) is 27.0 Å². The fourth-order valence-electron chi connectivity index (χ4n) is 4.54. The summed E-state index contributed by atoms with van der Waals surface area (Å²) in [5.41, 5.74) is 0.651. The summed E-state index contributed by atoms with van der Waals surface area (Å²) >= 11 is 0. The van der Waals surface area contributed by atoms with Gasteiger partial charge in [0.25, 0.3) is 12.2 Å². The lowest BCUT2D eigenvalue weighted by atomic mass is 10.1. The molecule has 2 aliphatic rings. The van der Waals surface area contributed by atoms with Crippen molar-refractivity contribution < 1.29 is 24.3 Å². The molecule has 13 nitrogen and oxygen atoms in total. The van der Waals surface area contributed by atoms with E-state index in [0.717, 1.165) is 34.6 Å². The van der Waals surface area contributed by atoms with E-state index < -0.39 is 28.8 Å². The first-order valence-corrected chi connectivity index (χ1v) is 12.8. The van der Waals surface area contributed by atoms with E-state index in [0.29, 0.717) is 12.3 Å². The van der Waals surface area contributed by atoms with Crippen LogP contribution >= 0.6 is 0 Å². The van der Waals surface area contributed by atoms with Crippen LogP contribution in [0.3, 0.4) is 0 Å². The molecule has 212 valence electrons. The van der Waals surface area contributed by atoms with Crippen LogP contribution in [0.4, 0.5) is 0 Å². The summed E-state index contributed by atoms with van der Waals surface area (Å²) in [5, 5.41) is 32.0. The molecular weight excluding hydrogens is 542 g/mol. The van der Waals surface area contributed by atoms with E-state index in [2.05, 4.69) is 9.98 Å². The molecule has 1 unspecified atom stereocenters. The van der Waals surface area contributed by atoms with E-state index in [9.17, 15) is 25.3 Å². The van der Waals surface area contributed by atoms with E-state index in [1.807, 2.05) is 24.1 Å². The second-order valence-corrected chi connectivity index (χ2v) is 9.38. The minimum absolute atomic E-state index is 0.0380. The minimum Gasteiger partial charge on any atom is -0.478 e. The number of nitrogens with two attached hydrogens (primary N) is 1. The number of nitrogens with zero attached hydrogens (tertiary/aromatic N) is 6. The number of ether oxygens (including phenoxy) is 2. The van der Waals surface area contributed by atoms with E-state index in [-0.39, 0.29) is 29.0 Å². The number of carboxylic acid groups (broad SMARTS) is 1. The van der Waals surface area contributed by atoms with Crippen molar-refractivity contribution >= 4 is 17.5 Å². The third-order valence-electron chi connectivity index (χ3n) is 6.56. The standard InChI is InChI=1S/C29H25N7O6/c1-34-13-12-32-26(34)19-8-5-9-21(15-19)42-29-33-24(14-18-6-3-2-4-7-18)25(36(39)40)27(35(29)31)41-22-11-10-20(17-30)23(16-22)28(37)38/h2-11,15-16,29H,12-14,31H2,1H3,(H,37,38). The summed E-state index contributed by atoms with van der Waals surface area (Å²) in [6, 6.07) is 21.6. The van der Waals surface area contributed by atoms with E-state index in [4.69, 9.17) is 15.3 Å². The van der Waals surface area contributed by atoms with Crippen LogP contribution in [0.2, 0.25) is 0 Å². The highest BCUT2D eigenvalue weighted by atomic mass is 16.6. The Bertz CT molecular complexity index is 1680. The summed E-state index contributed by atoms with van der Waals surface area (Å²) in [5.74, 6) is 5.68. The highest BCUT2D eigenvalue weighted by Gasteiger charge is 2.39. The third-order valence-corrected chi connectivity index (χ3v) is 6.56. The normalized spacial score (nSPS) is 16.5. The number of hydrogen-bond donors (Lipinski definition) is 2. The van der Waals surface area contributed by atoms with Gasteiger partial charge in [0.05, 0.1) is 22.6 Å². The van der Waals surface area contributed by atoms with Gasteiger partial charge in [0.1, 0.15) is 29.1 Å². The SMILES string of the molecule is CN1CCN=C1c1cccc(OC2N=C(Cc3ccccc3)C([N+](=O)[O-])=C(Oc3ccc(C#N)c(C(=O)O)c3)N2N)c1. The van der Waals surface area contributed by atoms with Gasteiger partial charge >= 0.3 is 11.7 Å². The number of allylic oxidation sites excluding steroid dienone is 1. The number of hydrazine groups is 1. The van der Waals surface area contributed by atoms with E-state index in [1.54, 1.807) is 48.5 Å². The molecule has 42 heavy (non-hydrogen) atoms. The van der Waals surface area contributed by atoms with E-state index >= 15 is 0 Å². The average molecular weight is 568 g/mol. The molecule has 0 fully saturated rings. The topological polar surface area (TPSA) is 180 Å². The lowest BCUT2D eigenvalue weighted by Gasteiger charge is -2.31. The van der Waals surface area contributed by atoms with Gasteiger partial charge in [-0.3, -0.25) is 15.1 Å². The number of rotatable bonds is 9. The predicted octanol–water partition coefficient (Wildman–Crippen LogP) is 3.01. The molecule has 0 aromatic heterocycles. The molecule has 3 aromatic carbocycles. The van der Waals surface area contributed by atoms with Crippen molar-refractivity contribution in [3.8, 4) is 17.6 Å². The van der Waals surface area contributed by atoms with Crippen LogP contribution in [0.25, 0.3) is 0 Å². The largest absolute Gasteiger partial charge is 0.478 e. The van der Waals surface area contributed by atoms with Crippen molar-refractivity contribution in [1.29, 1.82) is 5.26 Å². The number of likely N-dealkylation sites (N-methyl/N-ethyl adjacent to an activating group) is 1. The predicted molar refractivity (Wildman–Crippen MR) is 151 cm³/mol. The van der Waals surface area contributed by atoms with Crippen LogP contribution in [0, 0.1) is 21.4 Å². The third kappa shape index (κ3) is 5.74. The lowest BCUT2D eigenvalue weighted by Crippen LogP contribution is -2.49. The maximum Gasteiger partial charge on any atom is 0.352 e. The molecule has 0 amide bonds. The Kier molecular flexibility index (Phi) is 7.80. The van der Waals surface area contributed by atoms with Crippen LogP contribution in [-0.2, 0) is 6.42 Å². The van der Waals surface area contributed by atoms with Crippen molar-refractivity contribution in [1.82, 2.24) is 9.91 Å². The highest BCUT2D eigenvalue weighted by molar-refractivity contribution is 6.01. The molecule has 0 aliphatic carbocycles. The Hall–Kier alpha value is -5.74. The summed E-state index contributed by atoms with van der Waals surface area (Å²) in [6.45, 7) is 1.47. The number of carboxylic acids is 1. The molecule has 5 rings (SSSR count). The molecule has 0 spiro atoms. The molecule has 0 saturated heterocycles. The summed E-state index contributed by atoms with van der Waals surface area (Å²) in [7, 11) is 1.94. The second-order valence-electron chi connectivity index (χ2n) is 9.38. The Balaban J connectivity index is 1.55. The Morgan fingerprint density at radius 1 is 1.17 bits per heavy atom. The van der Waals surface area contributed by atoms with Crippen molar-refractivity contribution in [2.45, 2.75) is 12.8 Å². The van der Waals surface area contributed by atoms with Gasteiger partial charge in [0.2, 0.25) is 0 Å². The molecule has 0 radical (unpaired) electrons. The average Bonchev–Trinajstić information content (AvgIpc) is 3.41. The van der Waals surface area contributed by atoms with Gasteiger partial charge in [0, 0.05) is 25.6 Å². The number of nitriles is 1. The number of aromatic carboxylic acids is 1. The molecule has 0 saturated carbocycles. The fourth-order valence-corrected chi connectivity index (χ4v) is 4.54. The maximum atomic E-state index is 12.4. The van der Waals surface area contributed by atoms with Gasteiger partial charge in [-0.25, -0.2) is 20.6 Å². The van der Waals surface area contributed by atoms with Gasteiger partial charge in [-0.1, -0.05) is 42.5 Å². The summed E-state index contributed by atoms with van der Waals surface area (Å²) in [4.78, 5) is 34.5. The van der Waals surface area contributed by atoms with Gasteiger partial charge in [-0.15, -0.1) is 0 Å². The quantitative estimate of drug-likeness (QED) is 0.222.